The molecule has 0 saturated carbocycles. The largest absolute Gasteiger partial charge is 0.494 e. The van der Waals surface area contributed by atoms with E-state index in [9.17, 15) is 29.4 Å². The number of hydrogen-bond donors (Lipinski definition) is 4. The van der Waals surface area contributed by atoms with Gasteiger partial charge in [0.15, 0.2) is 13.9 Å². The van der Waals surface area contributed by atoms with Crippen LogP contribution < -0.4 is 19.9 Å². The van der Waals surface area contributed by atoms with Crippen LogP contribution in [0.5, 0.6) is 5.75 Å². The fraction of sp³-hybridized carbons (Fsp3) is 0.532. The van der Waals surface area contributed by atoms with E-state index >= 15 is 4.79 Å². The molecule has 62 heavy (non-hydrogen) atoms. The number of carbonyl (C=O) groups excluding carboxylic acids is 4. The van der Waals surface area contributed by atoms with Gasteiger partial charge in [0.2, 0.25) is 11.8 Å². The summed E-state index contributed by atoms with van der Waals surface area (Å²) in [5.41, 5.74) is 3.24. The van der Waals surface area contributed by atoms with E-state index in [1.54, 1.807) is 14.7 Å². The third-order valence-electron chi connectivity index (χ3n) is 13.2. The van der Waals surface area contributed by atoms with Crippen LogP contribution in [0.4, 0.5) is 17.1 Å². The van der Waals surface area contributed by atoms with Gasteiger partial charge in [-0.25, -0.2) is 0 Å². The smallest absolute Gasteiger partial charge is 0.305 e. The molecule has 3 aromatic carbocycles. The molecule has 1 spiro atoms. The number of carbonyl (C=O) groups is 4. The van der Waals surface area contributed by atoms with Crippen LogP contribution in [0.2, 0.25) is 18.6 Å². The van der Waals surface area contributed by atoms with Crippen LogP contribution in [-0.2, 0) is 53.6 Å². The van der Waals surface area contributed by atoms with Gasteiger partial charge >= 0.3 is 5.97 Å². The van der Waals surface area contributed by atoms with E-state index in [4.69, 9.17) is 14.2 Å². The molecular formula is C47H62N4O10Si. The number of esters is 1. The number of nitrogens with one attached hydrogen (secondary N) is 1. The van der Waals surface area contributed by atoms with Gasteiger partial charge in [-0.15, -0.1) is 0 Å². The summed E-state index contributed by atoms with van der Waals surface area (Å²) >= 11 is 0. The van der Waals surface area contributed by atoms with Crippen LogP contribution in [0.15, 0.2) is 60.7 Å². The number of amides is 3. The van der Waals surface area contributed by atoms with Gasteiger partial charge in [0.25, 0.3) is 5.91 Å². The molecule has 334 valence electrons. The SMILES string of the molecule is CCOc1ccc2c(c1)CC(NCCCCO)C(=O)N2c1ccc2c(c1)[C@@]1(O[C@H](CC(=O)N3Cc4ccccc4C[C@H]3CO)[C@@H]([Si](C)(C)O)[C@@H]1C)C(=O)N2CCCCC(=O)OC. The molecule has 4 heterocycles. The van der Waals surface area contributed by atoms with Crippen LogP contribution >= 0.6 is 0 Å². The maximum absolute atomic E-state index is 15.3. The van der Waals surface area contributed by atoms with Gasteiger partial charge in [-0.2, -0.15) is 0 Å². The summed E-state index contributed by atoms with van der Waals surface area (Å²) in [6.07, 6.45) is 2.51. The number of rotatable bonds is 17. The molecule has 15 heteroatoms. The normalized spacial score (nSPS) is 24.3. The van der Waals surface area contributed by atoms with Crippen molar-refractivity contribution < 1.29 is 48.4 Å². The number of ether oxygens (including phenoxy) is 3. The number of benzene rings is 3. The molecule has 1 fully saturated rings. The van der Waals surface area contributed by atoms with E-state index < -0.39 is 43.6 Å². The maximum atomic E-state index is 15.3. The molecule has 0 aliphatic carbocycles. The van der Waals surface area contributed by atoms with Crippen molar-refractivity contribution >= 4 is 49.1 Å². The standard InChI is InChI=1S/C47H62N4O10Si/c1-6-60-36-17-19-39-33(24-36)25-38(48-20-10-12-22-52)45(56)51(39)34-16-18-40-37(26-34)47(46(57)49(40)21-11-9-15-43(55)59-3)30(2)44(62(4,5)58)41(61-47)27-42(54)50-28-32-14-8-7-13-31(32)23-35(50)29-53/h7-8,13-14,16-19,24,26,30,35,38,41,44,48,52-53,58H,6,9-12,15,20-23,25,27-29H2,1-5H3/t30-,35-,38?,41+,44-,47+/m0/s1. The third-order valence-corrected chi connectivity index (χ3v) is 15.8. The molecule has 3 aromatic rings. The zero-order chi connectivity index (χ0) is 44.3. The van der Waals surface area contributed by atoms with Crippen LogP contribution in [-0.4, -0.2) is 110 Å². The first-order chi connectivity index (χ1) is 29.8. The van der Waals surface area contributed by atoms with Gasteiger partial charge in [-0.1, -0.05) is 31.2 Å². The summed E-state index contributed by atoms with van der Waals surface area (Å²) in [6.45, 7) is 8.96. The lowest BCUT2D eigenvalue weighted by Crippen LogP contribution is -2.49. The zero-order valence-electron chi connectivity index (χ0n) is 36.6. The molecule has 6 atom stereocenters. The molecule has 0 aromatic heterocycles. The highest BCUT2D eigenvalue weighted by Crippen LogP contribution is 2.60. The fourth-order valence-corrected chi connectivity index (χ4v) is 12.9. The Kier molecular flexibility index (Phi) is 13.9. The second kappa shape index (κ2) is 19.0. The van der Waals surface area contributed by atoms with Gasteiger partial charge in [-0.3, -0.25) is 24.1 Å². The monoisotopic (exact) mass is 870 g/mol. The second-order valence-corrected chi connectivity index (χ2v) is 21.6. The summed E-state index contributed by atoms with van der Waals surface area (Å²) in [7, 11) is -1.83. The number of fused-ring (bicyclic) bond motifs is 4. The van der Waals surface area contributed by atoms with E-state index in [1.807, 2.05) is 87.6 Å². The third kappa shape index (κ3) is 8.67. The van der Waals surface area contributed by atoms with Gasteiger partial charge in [-0.05, 0) is 118 Å². The van der Waals surface area contributed by atoms with Gasteiger partial charge in [0.1, 0.15) is 5.75 Å². The molecular weight excluding hydrogens is 809 g/mol. The first-order valence-corrected chi connectivity index (χ1v) is 25.1. The summed E-state index contributed by atoms with van der Waals surface area (Å²) < 4.78 is 17.8. The molecule has 4 aliphatic rings. The highest BCUT2D eigenvalue weighted by molar-refractivity contribution is 6.71. The Morgan fingerprint density at radius 3 is 2.42 bits per heavy atom. The summed E-state index contributed by atoms with van der Waals surface area (Å²) in [5.74, 6) is -0.938. The molecule has 4 N–H and O–H groups in total. The van der Waals surface area contributed by atoms with Crippen molar-refractivity contribution in [2.45, 2.75) is 114 Å². The van der Waals surface area contributed by atoms with Crippen molar-refractivity contribution in [1.29, 1.82) is 0 Å². The van der Waals surface area contributed by atoms with E-state index in [0.29, 0.717) is 86.6 Å². The Hall–Kier alpha value is -4.64. The lowest BCUT2D eigenvalue weighted by atomic mass is 9.82. The topological polar surface area (TPSA) is 178 Å². The molecule has 14 nitrogen and oxygen atoms in total. The van der Waals surface area contributed by atoms with Crippen molar-refractivity contribution in [2.24, 2.45) is 5.92 Å². The van der Waals surface area contributed by atoms with E-state index in [0.717, 1.165) is 16.7 Å². The first kappa shape index (κ1) is 45.4. The predicted molar refractivity (Wildman–Crippen MR) is 237 cm³/mol. The number of nitrogens with zero attached hydrogens (tertiary/aromatic N) is 3. The summed E-state index contributed by atoms with van der Waals surface area (Å²) in [5, 5.41) is 23.2. The lowest BCUT2D eigenvalue weighted by Gasteiger charge is -2.37. The zero-order valence-corrected chi connectivity index (χ0v) is 37.6. The van der Waals surface area contributed by atoms with Crippen molar-refractivity contribution in [1.82, 2.24) is 10.2 Å². The Morgan fingerprint density at radius 2 is 1.71 bits per heavy atom. The quantitative estimate of drug-likeness (QED) is 0.0828. The maximum Gasteiger partial charge on any atom is 0.305 e. The van der Waals surface area contributed by atoms with Gasteiger partial charge in [0.05, 0.1) is 56.3 Å². The van der Waals surface area contributed by atoms with E-state index in [-0.39, 0.29) is 56.3 Å². The Bertz CT molecular complexity index is 2150. The highest BCUT2D eigenvalue weighted by atomic mass is 28.4. The van der Waals surface area contributed by atoms with Gasteiger partial charge in [0, 0.05) is 48.8 Å². The average Bonchev–Trinajstić information content (AvgIpc) is 3.68. The Morgan fingerprint density at radius 1 is 0.952 bits per heavy atom. The fourth-order valence-electron chi connectivity index (χ4n) is 10.3. The highest BCUT2D eigenvalue weighted by Gasteiger charge is 2.66. The van der Waals surface area contributed by atoms with Crippen molar-refractivity contribution in [2.75, 3.05) is 49.8 Å². The summed E-state index contributed by atoms with van der Waals surface area (Å²) in [6, 6.07) is 18.1. The minimum Gasteiger partial charge on any atom is -0.494 e. The van der Waals surface area contributed by atoms with Crippen molar-refractivity contribution in [3.63, 3.8) is 0 Å². The van der Waals surface area contributed by atoms with Crippen LogP contribution in [0.1, 0.15) is 74.6 Å². The molecule has 3 amide bonds. The second-order valence-electron chi connectivity index (χ2n) is 17.6. The number of unbranched alkanes of at least 4 members (excludes halogenated alkanes) is 2. The van der Waals surface area contributed by atoms with Gasteiger partial charge < -0.3 is 44.3 Å². The lowest BCUT2D eigenvalue weighted by molar-refractivity contribution is -0.151. The first-order valence-electron chi connectivity index (χ1n) is 22.1. The van der Waals surface area contributed by atoms with E-state index in [1.165, 1.54) is 7.11 Å². The van der Waals surface area contributed by atoms with Crippen molar-refractivity contribution in [3.05, 3.63) is 82.9 Å². The predicted octanol–water partition coefficient (Wildman–Crippen LogP) is 4.86. The molecule has 4 aliphatic heterocycles. The van der Waals surface area contributed by atoms with Crippen LogP contribution in [0, 0.1) is 5.92 Å². The minimum absolute atomic E-state index is 0.0626. The molecule has 0 bridgehead atoms. The van der Waals surface area contributed by atoms with Crippen LogP contribution in [0.25, 0.3) is 0 Å². The number of hydrogen-bond acceptors (Lipinski definition) is 11. The molecule has 1 unspecified atom stereocenters. The Balaban J connectivity index is 1.29. The number of methoxy groups -OCH3 is 1. The average molecular weight is 871 g/mol. The number of aliphatic hydroxyl groups is 2. The van der Waals surface area contributed by atoms with E-state index in [2.05, 4.69) is 5.32 Å². The Labute approximate surface area is 365 Å². The molecule has 7 rings (SSSR count). The molecule has 1 saturated heterocycles. The molecule has 0 radical (unpaired) electrons. The minimum atomic E-state index is -3.18. The summed E-state index contributed by atoms with van der Waals surface area (Å²) in [4.78, 5) is 73.5. The number of aliphatic hydroxyl groups excluding tert-OH is 2. The van der Waals surface area contributed by atoms with Crippen LogP contribution in [0.3, 0.4) is 0 Å². The van der Waals surface area contributed by atoms with Crippen molar-refractivity contribution in [3.8, 4) is 5.75 Å². The number of anilines is 3.